The number of ether oxygens (including phenoxy) is 1. The van der Waals surface area contributed by atoms with Crippen molar-refractivity contribution in [2.45, 2.75) is 49.8 Å². The van der Waals surface area contributed by atoms with Gasteiger partial charge < -0.3 is 15.0 Å². The van der Waals surface area contributed by atoms with Crippen LogP contribution < -0.4 is 5.32 Å². The summed E-state index contributed by atoms with van der Waals surface area (Å²) in [5, 5.41) is 2.91. The van der Waals surface area contributed by atoms with E-state index < -0.39 is 15.6 Å². The number of nitrogens with one attached hydrogen (secondary N) is 1. The lowest BCUT2D eigenvalue weighted by Gasteiger charge is -2.35. The van der Waals surface area contributed by atoms with E-state index in [1.807, 2.05) is 20.8 Å². The minimum Gasteiger partial charge on any atom is -0.444 e. The van der Waals surface area contributed by atoms with Gasteiger partial charge >= 0.3 is 6.09 Å². The molecule has 0 unspecified atom stereocenters. The molecule has 2 saturated heterocycles. The molecule has 1 aromatic rings. The monoisotopic (exact) mass is 486 g/mol. The lowest BCUT2D eigenvalue weighted by atomic mass is 10.2. The van der Waals surface area contributed by atoms with E-state index in [-0.39, 0.29) is 18.4 Å². The van der Waals surface area contributed by atoms with Gasteiger partial charge in [-0.05, 0) is 45.7 Å². The predicted molar refractivity (Wildman–Crippen MR) is 123 cm³/mol. The zero-order chi connectivity index (χ0) is 23.4. The Labute approximate surface area is 194 Å². The van der Waals surface area contributed by atoms with Crippen molar-refractivity contribution in [1.82, 2.24) is 19.4 Å². The molecule has 2 aliphatic heterocycles. The number of carbonyl (C=O) groups is 2. The Bertz CT molecular complexity index is 896. The first-order valence-corrected chi connectivity index (χ1v) is 13.4. The number of nitrogens with zero attached hydrogens (tertiary/aromatic N) is 3. The molecule has 3 heterocycles. The summed E-state index contributed by atoms with van der Waals surface area (Å²) in [6.45, 7) is 10.6. The molecular formula is C21H34N4O5S2. The number of hydrogen-bond donors (Lipinski definition) is 1. The fraction of sp³-hybridized carbons (Fsp3) is 0.714. The van der Waals surface area contributed by atoms with E-state index >= 15 is 0 Å². The van der Waals surface area contributed by atoms with Crippen LogP contribution in [0, 0.1) is 0 Å². The molecule has 3 rings (SSSR count). The third-order valence-electron chi connectivity index (χ3n) is 5.41. The minimum atomic E-state index is -3.43. The van der Waals surface area contributed by atoms with Gasteiger partial charge in [0.05, 0.1) is 6.42 Å². The van der Waals surface area contributed by atoms with Crippen molar-refractivity contribution in [3.05, 3.63) is 17.0 Å². The van der Waals surface area contributed by atoms with Crippen molar-refractivity contribution < 1.29 is 22.7 Å². The second-order valence-electron chi connectivity index (χ2n) is 9.17. The van der Waals surface area contributed by atoms with E-state index in [4.69, 9.17) is 4.74 Å². The number of piperazine rings is 1. The van der Waals surface area contributed by atoms with Crippen LogP contribution in [0.4, 0.5) is 4.79 Å². The van der Waals surface area contributed by atoms with Crippen molar-refractivity contribution in [2.24, 2.45) is 0 Å². The summed E-state index contributed by atoms with van der Waals surface area (Å²) in [5.41, 5.74) is -0.500. The largest absolute Gasteiger partial charge is 0.444 e. The van der Waals surface area contributed by atoms with Gasteiger partial charge in [0.2, 0.25) is 5.91 Å². The van der Waals surface area contributed by atoms with Gasteiger partial charge in [0.1, 0.15) is 9.81 Å². The zero-order valence-corrected chi connectivity index (χ0v) is 20.8. The summed E-state index contributed by atoms with van der Waals surface area (Å²) < 4.78 is 32.5. The highest BCUT2D eigenvalue weighted by molar-refractivity contribution is 7.91. The van der Waals surface area contributed by atoms with E-state index in [9.17, 15) is 18.0 Å². The van der Waals surface area contributed by atoms with E-state index in [0.29, 0.717) is 43.5 Å². The quantitative estimate of drug-likeness (QED) is 0.630. The van der Waals surface area contributed by atoms with Crippen LogP contribution >= 0.6 is 11.3 Å². The van der Waals surface area contributed by atoms with E-state index in [2.05, 4.69) is 10.2 Å². The molecule has 0 spiro atoms. The maximum atomic E-state index is 12.6. The molecule has 0 aromatic carbocycles. The molecule has 2 aliphatic rings. The lowest BCUT2D eigenvalue weighted by Crippen LogP contribution is -2.51. The highest BCUT2D eigenvalue weighted by atomic mass is 32.2. The van der Waals surface area contributed by atoms with Gasteiger partial charge in [-0.15, -0.1) is 11.3 Å². The Kier molecular flexibility index (Phi) is 8.18. The Morgan fingerprint density at radius 3 is 2.34 bits per heavy atom. The molecule has 1 aromatic heterocycles. The van der Waals surface area contributed by atoms with Crippen LogP contribution in [0.2, 0.25) is 0 Å². The van der Waals surface area contributed by atoms with E-state index in [0.717, 1.165) is 30.8 Å². The number of carbonyl (C=O) groups excluding carboxylic acids is 2. The van der Waals surface area contributed by atoms with Gasteiger partial charge in [-0.1, -0.05) is 0 Å². The molecule has 11 heteroatoms. The smallest absolute Gasteiger partial charge is 0.410 e. The Morgan fingerprint density at radius 1 is 1.06 bits per heavy atom. The number of rotatable bonds is 7. The molecule has 0 radical (unpaired) electrons. The maximum absolute atomic E-state index is 12.6. The average molecular weight is 487 g/mol. The number of thiophene rings is 1. The fourth-order valence-electron chi connectivity index (χ4n) is 3.70. The van der Waals surface area contributed by atoms with Crippen molar-refractivity contribution in [2.75, 3.05) is 52.4 Å². The molecule has 2 amide bonds. The fourth-order valence-corrected chi connectivity index (χ4v) is 6.73. The molecule has 0 atom stereocenters. The van der Waals surface area contributed by atoms with Crippen LogP contribution in [0.5, 0.6) is 0 Å². The normalized spacial score (nSPS) is 18.7. The number of sulfonamides is 1. The molecule has 0 aliphatic carbocycles. The van der Waals surface area contributed by atoms with Crippen molar-refractivity contribution in [1.29, 1.82) is 0 Å². The SMILES string of the molecule is CC(C)(C)OC(=O)N1CCN(CCNC(=O)Cc2ccc(S(=O)(=O)N3CCCC3)s2)CC1. The summed E-state index contributed by atoms with van der Waals surface area (Å²) in [6.07, 6.45) is 1.69. The molecule has 0 bridgehead atoms. The van der Waals surface area contributed by atoms with Gasteiger partial charge in [0.15, 0.2) is 0 Å². The molecule has 0 saturated carbocycles. The molecule has 1 N–H and O–H groups in total. The first kappa shape index (κ1) is 24.9. The van der Waals surface area contributed by atoms with Crippen LogP contribution in [0.3, 0.4) is 0 Å². The molecule has 2 fully saturated rings. The maximum Gasteiger partial charge on any atom is 0.410 e. The van der Waals surface area contributed by atoms with Crippen molar-refractivity contribution in [3.8, 4) is 0 Å². The predicted octanol–water partition coefficient (Wildman–Crippen LogP) is 1.74. The molecule has 180 valence electrons. The second kappa shape index (κ2) is 10.5. The van der Waals surface area contributed by atoms with Crippen LogP contribution in [0.15, 0.2) is 16.3 Å². The zero-order valence-electron chi connectivity index (χ0n) is 19.1. The highest BCUT2D eigenvalue weighted by Crippen LogP contribution is 2.27. The standard InChI is InChI=1S/C21H34N4O5S2/c1-21(2,3)30-20(27)24-14-12-23(13-15-24)11-8-22-18(26)16-17-6-7-19(31-17)32(28,29)25-9-4-5-10-25/h6-7H,4-5,8-16H2,1-3H3,(H,22,26). The third-order valence-corrected chi connectivity index (χ3v) is 8.86. The van der Waals surface area contributed by atoms with Crippen molar-refractivity contribution >= 4 is 33.4 Å². The lowest BCUT2D eigenvalue weighted by molar-refractivity contribution is -0.120. The van der Waals surface area contributed by atoms with Crippen LogP contribution in [0.25, 0.3) is 0 Å². The summed E-state index contributed by atoms with van der Waals surface area (Å²) in [6, 6.07) is 3.33. The Balaban J connectivity index is 1.37. The van der Waals surface area contributed by atoms with Crippen LogP contribution in [0.1, 0.15) is 38.5 Å². The minimum absolute atomic E-state index is 0.121. The molecular weight excluding hydrogens is 452 g/mol. The number of hydrogen-bond acceptors (Lipinski definition) is 7. The highest BCUT2D eigenvalue weighted by Gasteiger charge is 2.29. The summed E-state index contributed by atoms with van der Waals surface area (Å²) in [4.78, 5) is 29.1. The average Bonchev–Trinajstić information content (AvgIpc) is 3.40. The van der Waals surface area contributed by atoms with Gasteiger partial charge in [-0.25, -0.2) is 13.2 Å². The van der Waals surface area contributed by atoms with Crippen molar-refractivity contribution in [3.63, 3.8) is 0 Å². The van der Waals surface area contributed by atoms with E-state index in [1.165, 1.54) is 15.6 Å². The van der Waals surface area contributed by atoms with Gasteiger partial charge in [-0.2, -0.15) is 4.31 Å². The van der Waals surface area contributed by atoms with Gasteiger partial charge in [0, 0.05) is 57.2 Å². The van der Waals surface area contributed by atoms with Gasteiger partial charge in [0.25, 0.3) is 10.0 Å². The Hall–Kier alpha value is -1.69. The third kappa shape index (κ3) is 6.90. The first-order valence-electron chi connectivity index (χ1n) is 11.1. The summed E-state index contributed by atoms with van der Waals surface area (Å²) in [7, 11) is -3.43. The second-order valence-corrected chi connectivity index (χ2v) is 12.5. The van der Waals surface area contributed by atoms with Crippen LogP contribution in [-0.2, 0) is 26.0 Å². The first-order chi connectivity index (χ1) is 15.0. The van der Waals surface area contributed by atoms with E-state index in [1.54, 1.807) is 17.0 Å². The topological polar surface area (TPSA) is 99.3 Å². The number of amides is 2. The summed E-state index contributed by atoms with van der Waals surface area (Å²) in [5.74, 6) is -0.121. The summed E-state index contributed by atoms with van der Waals surface area (Å²) >= 11 is 1.17. The molecule has 9 nitrogen and oxygen atoms in total. The Morgan fingerprint density at radius 2 is 1.72 bits per heavy atom. The van der Waals surface area contributed by atoms with Crippen LogP contribution in [-0.4, -0.2) is 92.5 Å². The van der Waals surface area contributed by atoms with Gasteiger partial charge in [-0.3, -0.25) is 9.69 Å². The molecule has 32 heavy (non-hydrogen) atoms.